The van der Waals surface area contributed by atoms with Crippen molar-refractivity contribution in [2.75, 3.05) is 20.6 Å². The summed E-state index contributed by atoms with van der Waals surface area (Å²) in [5, 5.41) is 10.5. The summed E-state index contributed by atoms with van der Waals surface area (Å²) in [6, 6.07) is -3.60. The Balaban J connectivity index is 1.86. The van der Waals surface area contributed by atoms with Crippen molar-refractivity contribution in [2.45, 2.75) is 148 Å². The highest BCUT2D eigenvalue weighted by Gasteiger charge is 2.49. The molecule has 13 nitrogen and oxygen atoms in total. The van der Waals surface area contributed by atoms with Crippen molar-refractivity contribution >= 4 is 39.6 Å². The minimum absolute atomic E-state index is 0.000293. The van der Waals surface area contributed by atoms with Crippen molar-refractivity contribution in [2.24, 2.45) is 17.3 Å². The molecule has 0 aromatic carbocycles. The Morgan fingerprint density at radius 2 is 1.54 bits per heavy atom. The Morgan fingerprint density at radius 3 is 2.04 bits per heavy atom. The molecule has 0 unspecified atom stereocenters. The molecular weight excluding hydrogens is 636 g/mol. The highest BCUT2D eigenvalue weighted by Crippen LogP contribution is 2.36. The summed E-state index contributed by atoms with van der Waals surface area (Å²) in [5.74, 6) is -2.50. The smallest absolute Gasteiger partial charge is 0.315 e. The van der Waals surface area contributed by atoms with Gasteiger partial charge in [0, 0.05) is 26.7 Å². The third-order valence-electron chi connectivity index (χ3n) is 10.4. The van der Waals surface area contributed by atoms with Crippen molar-refractivity contribution in [3.05, 3.63) is 0 Å². The first-order chi connectivity index (χ1) is 22.3. The lowest BCUT2D eigenvalue weighted by molar-refractivity contribution is -0.145. The van der Waals surface area contributed by atoms with Crippen LogP contribution in [0.3, 0.4) is 0 Å². The Hall–Kier alpha value is -2.74. The lowest BCUT2D eigenvalue weighted by atomic mass is 9.79. The Morgan fingerprint density at radius 1 is 0.938 bits per heavy atom. The second kappa shape index (κ2) is 15.9. The summed E-state index contributed by atoms with van der Waals surface area (Å²) in [6.07, 6.45) is 6.51. The molecule has 5 amide bonds. The van der Waals surface area contributed by atoms with Gasteiger partial charge in [0.05, 0.1) is 16.8 Å². The second-order valence-corrected chi connectivity index (χ2v) is 18.2. The number of hydrogen-bond acceptors (Lipinski definition) is 7. The molecule has 3 aliphatic rings. The number of Topliss-reactive ketones (excluding diaryl/α,β-unsaturated/α-hetero) is 1. The number of likely N-dealkylation sites (tertiary alicyclic amines) is 1. The van der Waals surface area contributed by atoms with Gasteiger partial charge in [0.1, 0.15) is 12.1 Å². The zero-order valence-electron chi connectivity index (χ0n) is 30.5. The molecule has 1 saturated heterocycles. The van der Waals surface area contributed by atoms with Crippen LogP contribution in [0, 0.1) is 17.3 Å². The van der Waals surface area contributed by atoms with Gasteiger partial charge < -0.3 is 26.2 Å². The molecule has 1 aliphatic heterocycles. The van der Waals surface area contributed by atoms with E-state index in [2.05, 4.69) is 21.3 Å². The zero-order chi connectivity index (χ0) is 36.2. The summed E-state index contributed by atoms with van der Waals surface area (Å²) in [4.78, 5) is 69.3. The van der Waals surface area contributed by atoms with Gasteiger partial charge in [-0.1, -0.05) is 67.2 Å². The number of nitrogens with zero attached hydrogens (tertiary/aromatic N) is 2. The molecule has 14 heteroatoms. The standard InChI is InChI=1S/C34H60N6O7S/c1-10-14-25(27(41)30(43)35-23-15-16-23)36-29(42)26-24(21(2)3)17-20-40(26)31(44)28(33(5,6)7)37-32(45)38-34(18-12-11-13-19-34)22(4)48(46,47)39(8)9/h21-26,28H,10-20H2,1-9H3,(H,35,43)(H,36,42)(H2,37,38,45)/t22-,24-,25+,26+,28-/m1/s1. The van der Waals surface area contributed by atoms with Gasteiger partial charge in [0.2, 0.25) is 27.6 Å². The van der Waals surface area contributed by atoms with Gasteiger partial charge in [-0.2, -0.15) is 0 Å². The van der Waals surface area contributed by atoms with Crippen LogP contribution in [0.25, 0.3) is 0 Å². The molecule has 2 aliphatic carbocycles. The van der Waals surface area contributed by atoms with Crippen molar-refractivity contribution in [1.82, 2.24) is 30.5 Å². The van der Waals surface area contributed by atoms with Crippen LogP contribution in [0.4, 0.5) is 4.79 Å². The minimum Gasteiger partial charge on any atom is -0.347 e. The molecule has 0 bridgehead atoms. The van der Waals surface area contributed by atoms with Gasteiger partial charge in [0.15, 0.2) is 0 Å². The first-order valence-corrected chi connectivity index (χ1v) is 19.2. The number of urea groups is 1. The van der Waals surface area contributed by atoms with E-state index in [0.29, 0.717) is 25.7 Å². The topological polar surface area (TPSA) is 174 Å². The van der Waals surface area contributed by atoms with Gasteiger partial charge >= 0.3 is 6.03 Å². The van der Waals surface area contributed by atoms with Gasteiger partial charge in [-0.05, 0) is 62.7 Å². The van der Waals surface area contributed by atoms with Crippen molar-refractivity contribution < 1.29 is 32.4 Å². The minimum atomic E-state index is -3.70. The van der Waals surface area contributed by atoms with E-state index in [-0.39, 0.29) is 30.8 Å². The third-order valence-corrected chi connectivity index (χ3v) is 12.8. The zero-order valence-corrected chi connectivity index (χ0v) is 31.3. The van der Waals surface area contributed by atoms with Crippen LogP contribution >= 0.6 is 0 Å². The quantitative estimate of drug-likeness (QED) is 0.202. The van der Waals surface area contributed by atoms with E-state index in [4.69, 9.17) is 0 Å². The van der Waals surface area contributed by atoms with E-state index in [0.717, 1.165) is 32.1 Å². The fraction of sp³-hybridized carbons (Fsp3) is 0.853. The number of carbonyl (C=O) groups excluding carboxylic acids is 5. The number of hydrogen-bond donors (Lipinski definition) is 4. The maximum Gasteiger partial charge on any atom is 0.315 e. The first kappa shape index (κ1) is 39.7. The van der Waals surface area contributed by atoms with Gasteiger partial charge in [-0.3, -0.25) is 19.2 Å². The number of amides is 5. The van der Waals surface area contributed by atoms with E-state index in [9.17, 15) is 32.4 Å². The summed E-state index contributed by atoms with van der Waals surface area (Å²) < 4.78 is 27.6. The van der Waals surface area contributed by atoms with Crippen LogP contribution in [0.2, 0.25) is 0 Å². The van der Waals surface area contributed by atoms with Crippen LogP contribution in [0.1, 0.15) is 113 Å². The van der Waals surface area contributed by atoms with Crippen molar-refractivity contribution in [3.63, 3.8) is 0 Å². The molecule has 5 atom stereocenters. The molecule has 2 saturated carbocycles. The second-order valence-electron chi connectivity index (χ2n) is 15.7. The summed E-state index contributed by atoms with van der Waals surface area (Å²) in [5.41, 5.74) is -1.78. The number of sulfonamides is 1. The molecule has 0 aromatic heterocycles. The van der Waals surface area contributed by atoms with E-state index in [1.54, 1.807) is 6.92 Å². The van der Waals surface area contributed by atoms with Crippen molar-refractivity contribution in [1.29, 1.82) is 0 Å². The summed E-state index contributed by atoms with van der Waals surface area (Å²) >= 11 is 0. The molecule has 3 fully saturated rings. The monoisotopic (exact) mass is 696 g/mol. The lowest BCUT2D eigenvalue weighted by Crippen LogP contribution is -2.65. The van der Waals surface area contributed by atoms with Crippen LogP contribution in [-0.2, 0) is 29.2 Å². The summed E-state index contributed by atoms with van der Waals surface area (Å²) in [7, 11) is -0.746. The predicted molar refractivity (Wildman–Crippen MR) is 184 cm³/mol. The molecule has 0 aromatic rings. The average Bonchev–Trinajstić information content (AvgIpc) is 3.70. The first-order valence-electron chi connectivity index (χ1n) is 17.7. The van der Waals surface area contributed by atoms with Crippen LogP contribution in [0.5, 0.6) is 0 Å². The normalized spacial score (nSPS) is 23.3. The molecule has 48 heavy (non-hydrogen) atoms. The van der Waals surface area contributed by atoms with Gasteiger partial charge in [-0.15, -0.1) is 0 Å². The number of nitrogens with one attached hydrogen (secondary N) is 4. The average molecular weight is 697 g/mol. The van der Waals surface area contributed by atoms with Crippen molar-refractivity contribution in [3.8, 4) is 0 Å². The lowest BCUT2D eigenvalue weighted by Gasteiger charge is -2.44. The van der Waals surface area contributed by atoms with E-state index in [1.807, 2.05) is 41.5 Å². The fourth-order valence-electron chi connectivity index (χ4n) is 7.18. The molecule has 0 radical (unpaired) electrons. The maximum atomic E-state index is 14.4. The van der Waals surface area contributed by atoms with Crippen LogP contribution in [-0.4, -0.2) is 103 Å². The van der Waals surface area contributed by atoms with Gasteiger partial charge in [0.25, 0.3) is 5.91 Å². The molecule has 0 spiro atoms. The number of rotatable bonds is 14. The van der Waals surface area contributed by atoms with E-state index < -0.39 is 73.9 Å². The Kier molecular flexibility index (Phi) is 13.1. The highest BCUT2D eigenvalue weighted by atomic mass is 32.2. The fourth-order valence-corrected chi connectivity index (χ4v) is 8.68. The molecule has 4 N–H and O–H groups in total. The Bertz CT molecular complexity index is 1300. The van der Waals surface area contributed by atoms with E-state index >= 15 is 0 Å². The maximum absolute atomic E-state index is 14.4. The molecule has 1 heterocycles. The van der Waals surface area contributed by atoms with E-state index in [1.165, 1.54) is 23.3 Å². The number of ketones is 1. The van der Waals surface area contributed by atoms with Crippen LogP contribution < -0.4 is 21.3 Å². The predicted octanol–water partition coefficient (Wildman–Crippen LogP) is 2.69. The molecular formula is C34H60N6O7S. The van der Waals surface area contributed by atoms with Crippen LogP contribution in [0.15, 0.2) is 0 Å². The molecule has 3 rings (SSSR count). The van der Waals surface area contributed by atoms with Gasteiger partial charge in [-0.25, -0.2) is 17.5 Å². The summed E-state index contributed by atoms with van der Waals surface area (Å²) in [6.45, 7) is 13.2. The third kappa shape index (κ3) is 9.28. The number of carbonyl (C=O) groups is 5. The molecule has 274 valence electrons. The highest BCUT2D eigenvalue weighted by molar-refractivity contribution is 7.89. The Labute approximate surface area is 287 Å². The SMILES string of the molecule is CCC[C@H](NC(=O)[C@@H]1[C@@H](C(C)C)CCN1C(=O)[C@@H](NC(=O)NC1([C@@H](C)S(=O)(=O)N(C)C)CCCCC1)C(C)(C)C)C(=O)C(=O)NC1CC1. The largest absolute Gasteiger partial charge is 0.347 e.